The van der Waals surface area contributed by atoms with Gasteiger partial charge in [0.15, 0.2) is 0 Å². The van der Waals surface area contributed by atoms with Crippen LogP contribution in [0.3, 0.4) is 0 Å². The largest absolute Gasteiger partial charge is 0.404 e. The van der Waals surface area contributed by atoms with Crippen molar-refractivity contribution in [1.82, 2.24) is 25.0 Å². The van der Waals surface area contributed by atoms with Crippen molar-refractivity contribution in [2.24, 2.45) is 0 Å². The van der Waals surface area contributed by atoms with Gasteiger partial charge in [-0.25, -0.2) is 22.2 Å². The molecule has 1 saturated carbocycles. The molecular weight excluding hydrogens is 497 g/mol. The quantitative estimate of drug-likeness (QED) is 0.409. The number of hydrogen-bond donors (Lipinski definition) is 3. The third-order valence-electron chi connectivity index (χ3n) is 5.72. The SMILES string of the molecule is C[C@H](NS(=O)(=O)c1ccc(-c2[nH]c3ncc(C(F)F)cc3c2C(=O)NC2CCC2)nc1)C(F)(F)F. The lowest BCUT2D eigenvalue weighted by Gasteiger charge is -2.26. The standard InChI is InChI=1S/C21H20F5N5O3S/c1-10(21(24,25)26)31-35(33,34)13-5-6-15(27-9-13)17-16(20(32)29-12-3-2-4-12)14-7-11(18(22)23)8-28-19(14)30-17/h5-10,12,18,31H,2-4H2,1H3,(H,28,30)(H,29,32)/t10-/m0/s1. The van der Waals surface area contributed by atoms with E-state index in [0.29, 0.717) is 6.92 Å². The minimum Gasteiger partial charge on any atom is -0.349 e. The summed E-state index contributed by atoms with van der Waals surface area (Å²) >= 11 is 0. The highest BCUT2D eigenvalue weighted by molar-refractivity contribution is 7.89. The Morgan fingerprint density at radius 3 is 2.43 bits per heavy atom. The number of sulfonamides is 1. The van der Waals surface area contributed by atoms with E-state index >= 15 is 0 Å². The van der Waals surface area contributed by atoms with Crippen molar-refractivity contribution in [3.05, 3.63) is 41.7 Å². The van der Waals surface area contributed by atoms with Crippen LogP contribution in [0.5, 0.6) is 0 Å². The lowest BCUT2D eigenvalue weighted by Crippen LogP contribution is -2.42. The maximum absolute atomic E-state index is 13.3. The summed E-state index contributed by atoms with van der Waals surface area (Å²) in [6.45, 7) is 0.664. The zero-order chi connectivity index (χ0) is 25.5. The second kappa shape index (κ2) is 9.15. The van der Waals surface area contributed by atoms with Gasteiger partial charge in [-0.1, -0.05) is 0 Å². The van der Waals surface area contributed by atoms with E-state index in [-0.39, 0.29) is 39.6 Å². The first-order valence-corrected chi connectivity index (χ1v) is 12.0. The molecule has 188 valence electrons. The van der Waals surface area contributed by atoms with Crippen LogP contribution in [0.1, 0.15) is 48.5 Å². The van der Waals surface area contributed by atoms with Crippen molar-refractivity contribution in [1.29, 1.82) is 0 Å². The first-order chi connectivity index (χ1) is 16.4. The fourth-order valence-electron chi connectivity index (χ4n) is 3.50. The molecule has 0 radical (unpaired) electrons. The summed E-state index contributed by atoms with van der Waals surface area (Å²) < 4.78 is 91.0. The summed E-state index contributed by atoms with van der Waals surface area (Å²) in [5.41, 5.74) is -0.0596. The molecule has 0 aromatic carbocycles. The molecule has 0 aliphatic heterocycles. The van der Waals surface area contributed by atoms with Crippen LogP contribution in [0.2, 0.25) is 0 Å². The Balaban J connectivity index is 1.73. The third kappa shape index (κ3) is 5.12. The second-order valence-corrected chi connectivity index (χ2v) is 9.92. The summed E-state index contributed by atoms with van der Waals surface area (Å²) in [6, 6.07) is 0.993. The van der Waals surface area contributed by atoms with Crippen molar-refractivity contribution in [2.75, 3.05) is 0 Å². The fourth-order valence-corrected chi connectivity index (χ4v) is 4.67. The molecule has 1 aliphatic carbocycles. The normalized spacial score (nSPS) is 15.9. The van der Waals surface area contributed by atoms with Crippen LogP contribution in [-0.4, -0.2) is 47.5 Å². The average Bonchev–Trinajstić information content (AvgIpc) is 3.14. The van der Waals surface area contributed by atoms with E-state index in [0.717, 1.165) is 43.8 Å². The van der Waals surface area contributed by atoms with E-state index in [1.165, 1.54) is 10.8 Å². The molecule has 0 saturated heterocycles. The molecule has 1 aliphatic rings. The number of halogens is 5. The maximum atomic E-state index is 13.3. The first kappa shape index (κ1) is 25.0. The van der Waals surface area contributed by atoms with Crippen molar-refractivity contribution in [3.8, 4) is 11.4 Å². The highest BCUT2D eigenvalue weighted by atomic mass is 32.2. The molecule has 0 spiro atoms. The Morgan fingerprint density at radius 1 is 1.17 bits per heavy atom. The summed E-state index contributed by atoms with van der Waals surface area (Å²) in [7, 11) is -4.54. The molecule has 0 unspecified atom stereocenters. The molecule has 8 nitrogen and oxygen atoms in total. The number of fused-ring (bicyclic) bond motifs is 1. The molecular formula is C21H20F5N5O3S. The van der Waals surface area contributed by atoms with Gasteiger partial charge in [0.05, 0.1) is 17.0 Å². The summed E-state index contributed by atoms with van der Waals surface area (Å²) in [5, 5.41) is 2.96. The van der Waals surface area contributed by atoms with Crippen molar-refractivity contribution in [2.45, 2.75) is 55.8 Å². The van der Waals surface area contributed by atoms with E-state index in [4.69, 9.17) is 0 Å². The van der Waals surface area contributed by atoms with Gasteiger partial charge < -0.3 is 10.3 Å². The van der Waals surface area contributed by atoms with Gasteiger partial charge in [-0.3, -0.25) is 9.78 Å². The average molecular weight is 517 g/mol. The summed E-state index contributed by atoms with van der Waals surface area (Å²) in [4.78, 5) is 23.4. The van der Waals surface area contributed by atoms with Crippen LogP contribution >= 0.6 is 0 Å². The van der Waals surface area contributed by atoms with Crippen molar-refractivity contribution < 1.29 is 35.2 Å². The van der Waals surface area contributed by atoms with E-state index in [2.05, 4.69) is 20.3 Å². The van der Waals surface area contributed by atoms with E-state index in [1.54, 1.807) is 0 Å². The number of nitrogens with one attached hydrogen (secondary N) is 3. The molecule has 1 fully saturated rings. The van der Waals surface area contributed by atoms with Crippen LogP contribution in [0.4, 0.5) is 22.0 Å². The number of aromatic amines is 1. The number of rotatable bonds is 7. The number of hydrogen-bond acceptors (Lipinski definition) is 5. The lowest BCUT2D eigenvalue weighted by molar-refractivity contribution is -0.147. The number of alkyl halides is 5. The third-order valence-corrected chi connectivity index (χ3v) is 7.24. The predicted molar refractivity (Wildman–Crippen MR) is 115 cm³/mol. The van der Waals surface area contributed by atoms with Gasteiger partial charge in [0.25, 0.3) is 12.3 Å². The van der Waals surface area contributed by atoms with Crippen LogP contribution < -0.4 is 10.0 Å². The Hall–Kier alpha value is -3.13. The minimum absolute atomic E-state index is 0.00817. The topological polar surface area (TPSA) is 117 Å². The van der Waals surface area contributed by atoms with Gasteiger partial charge in [-0.05, 0) is 44.4 Å². The number of nitrogens with zero attached hydrogens (tertiary/aromatic N) is 2. The molecule has 4 rings (SSSR count). The maximum Gasteiger partial charge on any atom is 0.404 e. The molecule has 3 aromatic heterocycles. The molecule has 3 N–H and O–H groups in total. The predicted octanol–water partition coefficient (Wildman–Crippen LogP) is 4.07. The van der Waals surface area contributed by atoms with Gasteiger partial charge in [0.1, 0.15) is 16.6 Å². The molecule has 3 heterocycles. The Morgan fingerprint density at radius 2 is 1.89 bits per heavy atom. The fraction of sp³-hybridized carbons (Fsp3) is 0.381. The minimum atomic E-state index is -4.78. The van der Waals surface area contributed by atoms with Crippen molar-refractivity contribution in [3.63, 3.8) is 0 Å². The van der Waals surface area contributed by atoms with Gasteiger partial charge >= 0.3 is 6.18 Å². The molecule has 14 heteroatoms. The Labute approximate surface area is 196 Å². The number of carbonyl (C=O) groups excluding carboxylic acids is 1. The Kier molecular flexibility index (Phi) is 6.53. The highest BCUT2D eigenvalue weighted by Gasteiger charge is 2.39. The number of H-pyrrole nitrogens is 1. The van der Waals surface area contributed by atoms with Gasteiger partial charge in [-0.2, -0.15) is 17.9 Å². The number of pyridine rings is 2. The van der Waals surface area contributed by atoms with Gasteiger partial charge in [-0.15, -0.1) is 0 Å². The van der Waals surface area contributed by atoms with Gasteiger partial charge in [0, 0.05) is 29.4 Å². The summed E-state index contributed by atoms with van der Waals surface area (Å²) in [5.74, 6) is -0.539. The molecule has 1 atom stereocenters. The monoisotopic (exact) mass is 517 g/mol. The highest BCUT2D eigenvalue weighted by Crippen LogP contribution is 2.32. The van der Waals surface area contributed by atoms with E-state index in [9.17, 15) is 35.2 Å². The lowest BCUT2D eigenvalue weighted by atomic mass is 9.92. The number of carbonyl (C=O) groups is 1. The zero-order valence-corrected chi connectivity index (χ0v) is 19.0. The number of amides is 1. The first-order valence-electron chi connectivity index (χ1n) is 10.5. The molecule has 35 heavy (non-hydrogen) atoms. The van der Waals surface area contributed by atoms with Crippen LogP contribution in [0.25, 0.3) is 22.4 Å². The van der Waals surface area contributed by atoms with Crippen LogP contribution in [0, 0.1) is 0 Å². The van der Waals surface area contributed by atoms with Gasteiger partial charge in [0.2, 0.25) is 10.0 Å². The summed E-state index contributed by atoms with van der Waals surface area (Å²) in [6.07, 6.45) is -3.29. The molecule has 0 bridgehead atoms. The smallest absolute Gasteiger partial charge is 0.349 e. The van der Waals surface area contributed by atoms with E-state index in [1.807, 2.05) is 0 Å². The van der Waals surface area contributed by atoms with Crippen LogP contribution in [0.15, 0.2) is 35.5 Å². The Bertz CT molecular complexity index is 1350. The zero-order valence-electron chi connectivity index (χ0n) is 18.2. The van der Waals surface area contributed by atoms with E-state index < -0.39 is 39.5 Å². The number of aromatic nitrogens is 3. The van der Waals surface area contributed by atoms with Crippen LogP contribution in [-0.2, 0) is 10.0 Å². The second-order valence-electron chi connectivity index (χ2n) is 8.21. The van der Waals surface area contributed by atoms with Crippen molar-refractivity contribution >= 4 is 27.0 Å². The molecule has 1 amide bonds. The molecule has 3 aromatic rings.